The van der Waals surface area contributed by atoms with Crippen LogP contribution in [0.5, 0.6) is 0 Å². The molecule has 1 unspecified atom stereocenters. The molecule has 1 amide bonds. The molecule has 1 rings (SSSR count). The Balaban J connectivity index is 2.25. The highest BCUT2D eigenvalue weighted by molar-refractivity contribution is 5.79. The molecular weight excluding hydrogens is 220 g/mol. The van der Waals surface area contributed by atoms with Gasteiger partial charge in [0.25, 0.3) is 0 Å². The second-order valence-corrected chi connectivity index (χ2v) is 4.69. The Hall–Kier alpha value is -1.10. The van der Waals surface area contributed by atoms with Crippen LogP contribution in [0.4, 0.5) is 0 Å². The molecule has 5 nitrogen and oxygen atoms in total. The molecule has 1 aliphatic heterocycles. The lowest BCUT2D eigenvalue weighted by Gasteiger charge is -2.20. The van der Waals surface area contributed by atoms with Gasteiger partial charge in [-0.2, -0.15) is 0 Å². The molecule has 1 heterocycles. The fourth-order valence-electron chi connectivity index (χ4n) is 2.12. The van der Waals surface area contributed by atoms with Crippen molar-refractivity contribution in [3.8, 4) is 0 Å². The smallest absolute Gasteiger partial charge is 0.305 e. The Morgan fingerprint density at radius 3 is 2.71 bits per heavy atom. The van der Waals surface area contributed by atoms with E-state index in [4.69, 9.17) is 0 Å². The van der Waals surface area contributed by atoms with Gasteiger partial charge in [-0.15, -0.1) is 0 Å². The quantitative estimate of drug-likeness (QED) is 0.653. The van der Waals surface area contributed by atoms with Crippen LogP contribution in [0.2, 0.25) is 0 Å². The Bertz CT molecular complexity index is 281. The van der Waals surface area contributed by atoms with Gasteiger partial charge in [-0.1, -0.05) is 0 Å². The first-order valence-corrected chi connectivity index (χ1v) is 6.05. The third-order valence-electron chi connectivity index (χ3n) is 3.22. The highest BCUT2D eigenvalue weighted by atomic mass is 16.5. The Kier molecular flexibility index (Phi) is 5.41. The van der Waals surface area contributed by atoms with E-state index in [1.54, 1.807) is 11.9 Å². The normalized spacial score (nSPS) is 20.3. The van der Waals surface area contributed by atoms with Crippen LogP contribution in [0.3, 0.4) is 0 Å². The monoisotopic (exact) mass is 242 g/mol. The van der Waals surface area contributed by atoms with E-state index in [1.807, 2.05) is 7.05 Å². The summed E-state index contributed by atoms with van der Waals surface area (Å²) in [6.07, 6.45) is 1.98. The molecule has 0 aromatic heterocycles. The molecular formula is C12H22N2O3. The standard InChI is InChI=1S/C12H22N2O3/c1-13-8-6-10(9-13)12(16)14(2)7-4-5-11(15)17-3/h10H,4-9H2,1-3H3. The topological polar surface area (TPSA) is 49.9 Å². The molecule has 0 radical (unpaired) electrons. The fraction of sp³-hybridized carbons (Fsp3) is 0.833. The lowest BCUT2D eigenvalue weighted by Crippen LogP contribution is -2.35. The second kappa shape index (κ2) is 6.59. The molecule has 0 aromatic carbocycles. The summed E-state index contributed by atoms with van der Waals surface area (Å²) >= 11 is 0. The zero-order valence-electron chi connectivity index (χ0n) is 10.9. The molecule has 0 aliphatic carbocycles. The summed E-state index contributed by atoms with van der Waals surface area (Å²) in [6.45, 7) is 2.46. The number of likely N-dealkylation sites (tertiary alicyclic amines) is 1. The minimum absolute atomic E-state index is 0.128. The average Bonchev–Trinajstić information content (AvgIpc) is 2.74. The van der Waals surface area contributed by atoms with Crippen LogP contribution in [0.15, 0.2) is 0 Å². The van der Waals surface area contributed by atoms with Crippen molar-refractivity contribution in [1.82, 2.24) is 9.80 Å². The highest BCUT2D eigenvalue weighted by Crippen LogP contribution is 2.16. The van der Waals surface area contributed by atoms with Crippen molar-refractivity contribution in [2.24, 2.45) is 5.92 Å². The van der Waals surface area contributed by atoms with Crippen LogP contribution in [0.25, 0.3) is 0 Å². The Morgan fingerprint density at radius 2 is 2.18 bits per heavy atom. The van der Waals surface area contributed by atoms with E-state index in [0.29, 0.717) is 19.4 Å². The first kappa shape index (κ1) is 14.0. The van der Waals surface area contributed by atoms with Gasteiger partial charge < -0.3 is 14.5 Å². The van der Waals surface area contributed by atoms with Gasteiger partial charge in [0.1, 0.15) is 0 Å². The fourth-order valence-corrected chi connectivity index (χ4v) is 2.12. The molecule has 1 saturated heterocycles. The molecule has 1 atom stereocenters. The number of methoxy groups -OCH3 is 1. The Morgan fingerprint density at radius 1 is 1.47 bits per heavy atom. The number of hydrogen-bond acceptors (Lipinski definition) is 4. The van der Waals surface area contributed by atoms with Crippen molar-refractivity contribution in [1.29, 1.82) is 0 Å². The van der Waals surface area contributed by atoms with Gasteiger partial charge in [0.05, 0.1) is 13.0 Å². The van der Waals surface area contributed by atoms with Crippen molar-refractivity contribution in [3.05, 3.63) is 0 Å². The van der Waals surface area contributed by atoms with Crippen LogP contribution in [0, 0.1) is 5.92 Å². The number of hydrogen-bond donors (Lipinski definition) is 0. The minimum atomic E-state index is -0.216. The van der Waals surface area contributed by atoms with Crippen LogP contribution in [0.1, 0.15) is 19.3 Å². The summed E-state index contributed by atoms with van der Waals surface area (Å²) in [4.78, 5) is 26.8. The highest BCUT2D eigenvalue weighted by Gasteiger charge is 2.28. The maximum absolute atomic E-state index is 12.0. The molecule has 0 aromatic rings. The van der Waals surface area contributed by atoms with Gasteiger partial charge in [-0.05, 0) is 26.4 Å². The second-order valence-electron chi connectivity index (χ2n) is 4.69. The van der Waals surface area contributed by atoms with E-state index in [0.717, 1.165) is 19.5 Å². The first-order chi connectivity index (χ1) is 8.04. The summed E-state index contributed by atoms with van der Waals surface area (Å²) in [6, 6.07) is 0. The number of esters is 1. The molecule has 1 aliphatic rings. The van der Waals surface area contributed by atoms with E-state index in [-0.39, 0.29) is 17.8 Å². The maximum atomic E-state index is 12.0. The Labute approximate surface area is 103 Å². The van der Waals surface area contributed by atoms with E-state index in [1.165, 1.54) is 7.11 Å². The van der Waals surface area contributed by atoms with Crippen molar-refractivity contribution in [2.75, 3.05) is 40.8 Å². The van der Waals surface area contributed by atoms with Crippen molar-refractivity contribution in [3.63, 3.8) is 0 Å². The molecule has 1 fully saturated rings. The largest absolute Gasteiger partial charge is 0.469 e. The number of carbonyl (C=O) groups is 2. The van der Waals surface area contributed by atoms with Crippen molar-refractivity contribution < 1.29 is 14.3 Å². The molecule has 0 bridgehead atoms. The average molecular weight is 242 g/mol. The third kappa shape index (κ3) is 4.34. The van der Waals surface area contributed by atoms with Gasteiger partial charge in [-0.3, -0.25) is 9.59 Å². The van der Waals surface area contributed by atoms with E-state index >= 15 is 0 Å². The predicted octanol–water partition coefficient (Wildman–Crippen LogP) is 0.350. The van der Waals surface area contributed by atoms with E-state index in [2.05, 4.69) is 9.64 Å². The molecule has 0 spiro atoms. The lowest BCUT2D eigenvalue weighted by atomic mass is 10.1. The zero-order chi connectivity index (χ0) is 12.8. The van der Waals surface area contributed by atoms with Gasteiger partial charge in [0, 0.05) is 26.6 Å². The van der Waals surface area contributed by atoms with Crippen molar-refractivity contribution >= 4 is 11.9 Å². The van der Waals surface area contributed by atoms with Gasteiger partial charge in [0.15, 0.2) is 0 Å². The van der Waals surface area contributed by atoms with Gasteiger partial charge >= 0.3 is 5.97 Å². The third-order valence-corrected chi connectivity index (χ3v) is 3.22. The van der Waals surface area contributed by atoms with Crippen LogP contribution < -0.4 is 0 Å². The van der Waals surface area contributed by atoms with Crippen LogP contribution in [-0.4, -0.2) is 62.5 Å². The molecule has 0 N–H and O–H groups in total. The number of amides is 1. The van der Waals surface area contributed by atoms with E-state index in [9.17, 15) is 9.59 Å². The number of rotatable bonds is 5. The number of nitrogens with zero attached hydrogens (tertiary/aromatic N) is 2. The lowest BCUT2D eigenvalue weighted by molar-refractivity contribution is -0.141. The molecule has 5 heteroatoms. The van der Waals surface area contributed by atoms with Gasteiger partial charge in [0.2, 0.25) is 5.91 Å². The van der Waals surface area contributed by atoms with Crippen LogP contribution in [-0.2, 0) is 14.3 Å². The molecule has 0 saturated carbocycles. The number of ether oxygens (including phenoxy) is 1. The summed E-state index contributed by atoms with van der Waals surface area (Å²) in [7, 11) is 5.22. The maximum Gasteiger partial charge on any atom is 0.305 e. The molecule has 98 valence electrons. The SMILES string of the molecule is COC(=O)CCCN(C)C(=O)C1CCN(C)C1. The van der Waals surface area contributed by atoms with Crippen molar-refractivity contribution in [2.45, 2.75) is 19.3 Å². The predicted molar refractivity (Wildman–Crippen MR) is 64.5 cm³/mol. The summed E-state index contributed by atoms with van der Waals surface area (Å²) < 4.78 is 4.56. The minimum Gasteiger partial charge on any atom is -0.469 e. The first-order valence-electron chi connectivity index (χ1n) is 6.05. The summed E-state index contributed by atoms with van der Waals surface area (Å²) in [5.74, 6) is 0.105. The number of carbonyl (C=O) groups excluding carboxylic acids is 2. The summed E-state index contributed by atoms with van der Waals surface area (Å²) in [5.41, 5.74) is 0. The van der Waals surface area contributed by atoms with Crippen LogP contribution >= 0.6 is 0 Å². The zero-order valence-corrected chi connectivity index (χ0v) is 10.9. The van der Waals surface area contributed by atoms with E-state index < -0.39 is 0 Å². The summed E-state index contributed by atoms with van der Waals surface area (Å²) in [5, 5.41) is 0. The molecule has 17 heavy (non-hydrogen) atoms. The van der Waals surface area contributed by atoms with Gasteiger partial charge in [-0.25, -0.2) is 0 Å².